The average molecular weight is 390 g/mol. The highest BCUT2D eigenvalue weighted by Gasteiger charge is 2.15. The predicted molar refractivity (Wildman–Crippen MR) is 110 cm³/mol. The highest BCUT2D eigenvalue weighted by Crippen LogP contribution is 2.24. The molecule has 8 nitrogen and oxygen atoms in total. The number of pyridine rings is 1. The van der Waals surface area contributed by atoms with E-state index in [1.54, 1.807) is 28.5 Å². The quantitative estimate of drug-likeness (QED) is 0.546. The van der Waals surface area contributed by atoms with Gasteiger partial charge in [-0.1, -0.05) is 12.1 Å². The molecule has 1 aromatic carbocycles. The van der Waals surface area contributed by atoms with Crippen molar-refractivity contribution in [2.45, 2.75) is 33.4 Å². The summed E-state index contributed by atoms with van der Waals surface area (Å²) in [6.07, 6.45) is 4.49. The van der Waals surface area contributed by atoms with Crippen LogP contribution in [0.3, 0.4) is 0 Å². The molecule has 1 amide bonds. The van der Waals surface area contributed by atoms with Crippen molar-refractivity contribution in [3.05, 3.63) is 65.9 Å². The third-order valence-corrected chi connectivity index (χ3v) is 4.63. The van der Waals surface area contributed by atoms with E-state index in [1.807, 2.05) is 50.4 Å². The Balaban J connectivity index is 1.60. The number of benzene rings is 1. The number of amides is 1. The molecular formula is C21H22N6O2. The van der Waals surface area contributed by atoms with Crippen molar-refractivity contribution in [1.29, 1.82) is 0 Å². The van der Waals surface area contributed by atoms with Crippen LogP contribution < -0.4 is 5.32 Å². The largest absolute Gasteiger partial charge is 0.391 e. The Morgan fingerprint density at radius 3 is 2.83 bits per heavy atom. The van der Waals surface area contributed by atoms with Gasteiger partial charge in [0.15, 0.2) is 5.82 Å². The molecule has 8 heteroatoms. The van der Waals surface area contributed by atoms with E-state index in [1.165, 1.54) is 0 Å². The number of nitrogens with zero attached hydrogens (tertiary/aromatic N) is 5. The van der Waals surface area contributed by atoms with E-state index in [0.29, 0.717) is 23.8 Å². The molecule has 3 heterocycles. The number of rotatable bonds is 5. The summed E-state index contributed by atoms with van der Waals surface area (Å²) in [4.78, 5) is 21.5. The molecule has 4 rings (SSSR count). The molecule has 0 radical (unpaired) electrons. The van der Waals surface area contributed by atoms with E-state index in [-0.39, 0.29) is 5.91 Å². The molecule has 29 heavy (non-hydrogen) atoms. The number of imidazole rings is 1. The number of aromatic nitrogens is 5. The van der Waals surface area contributed by atoms with Crippen LogP contribution in [0.15, 0.2) is 49.1 Å². The van der Waals surface area contributed by atoms with Crippen molar-refractivity contribution in [2.24, 2.45) is 0 Å². The lowest BCUT2D eigenvalue weighted by atomic mass is 10.1. The van der Waals surface area contributed by atoms with E-state index in [0.717, 1.165) is 22.3 Å². The molecule has 148 valence electrons. The molecule has 0 aliphatic carbocycles. The number of fused-ring (bicyclic) bond motifs is 1. The number of nitrogens with one attached hydrogen (secondary N) is 1. The van der Waals surface area contributed by atoms with Crippen LogP contribution in [-0.2, 0) is 6.54 Å². The van der Waals surface area contributed by atoms with E-state index >= 15 is 0 Å². The van der Waals surface area contributed by atoms with Crippen molar-refractivity contribution >= 4 is 17.2 Å². The van der Waals surface area contributed by atoms with Crippen LogP contribution in [0, 0.1) is 13.8 Å². The van der Waals surface area contributed by atoms with Gasteiger partial charge in [0.1, 0.15) is 17.7 Å². The minimum Gasteiger partial charge on any atom is -0.391 e. The summed E-state index contributed by atoms with van der Waals surface area (Å²) >= 11 is 0. The van der Waals surface area contributed by atoms with Crippen LogP contribution >= 0.6 is 0 Å². The number of aliphatic hydroxyl groups excluding tert-OH is 1. The summed E-state index contributed by atoms with van der Waals surface area (Å²) in [6.45, 7) is 5.98. The monoisotopic (exact) mass is 390 g/mol. The zero-order valence-corrected chi connectivity index (χ0v) is 16.5. The third-order valence-electron chi connectivity index (χ3n) is 4.63. The Labute approximate surface area is 167 Å². The molecule has 4 aromatic rings. The standard InChI is InChI=1S/C21H22N6O2/c1-13-6-7-27-18(10-22-19(27)8-13)21(29)24-17-9-16(5-4-14(17)2)20-23-12-26(25-20)11-15(3)28/h4-10,12,15,28H,11H2,1-3H3,(H,24,29). The van der Waals surface area contributed by atoms with Gasteiger partial charge in [-0.05, 0) is 50.1 Å². The summed E-state index contributed by atoms with van der Waals surface area (Å²) in [5.41, 5.74) is 4.67. The van der Waals surface area contributed by atoms with Crippen molar-refractivity contribution in [3.8, 4) is 11.4 Å². The molecule has 0 spiro atoms. The summed E-state index contributed by atoms with van der Waals surface area (Å²) in [7, 11) is 0. The van der Waals surface area contributed by atoms with E-state index < -0.39 is 6.10 Å². The summed E-state index contributed by atoms with van der Waals surface area (Å²) < 4.78 is 3.36. The number of carbonyl (C=O) groups is 1. The average Bonchev–Trinajstić information content (AvgIpc) is 3.29. The SMILES string of the molecule is Cc1ccn2c(C(=O)Nc3cc(-c4ncn(CC(C)O)n4)ccc3C)cnc2c1. The number of hydrogen-bond donors (Lipinski definition) is 2. The highest BCUT2D eigenvalue weighted by molar-refractivity contribution is 6.04. The first-order valence-corrected chi connectivity index (χ1v) is 9.34. The minimum atomic E-state index is -0.508. The van der Waals surface area contributed by atoms with Crippen LogP contribution in [0.2, 0.25) is 0 Å². The Kier molecular flexibility index (Phi) is 4.85. The second-order valence-electron chi connectivity index (χ2n) is 7.20. The highest BCUT2D eigenvalue weighted by atomic mass is 16.3. The van der Waals surface area contributed by atoms with Crippen molar-refractivity contribution in [3.63, 3.8) is 0 Å². The summed E-state index contributed by atoms with van der Waals surface area (Å²) in [6, 6.07) is 9.54. The molecule has 1 unspecified atom stereocenters. The smallest absolute Gasteiger partial charge is 0.274 e. The molecule has 1 atom stereocenters. The fourth-order valence-corrected chi connectivity index (χ4v) is 3.12. The molecule has 2 N–H and O–H groups in total. The second-order valence-corrected chi connectivity index (χ2v) is 7.20. The molecule has 0 aliphatic rings. The molecule has 0 fully saturated rings. The van der Waals surface area contributed by atoms with Crippen molar-refractivity contribution < 1.29 is 9.90 Å². The van der Waals surface area contributed by atoms with Crippen LogP contribution in [0.1, 0.15) is 28.5 Å². The first kappa shape index (κ1) is 18.8. The van der Waals surface area contributed by atoms with Gasteiger partial charge in [0.05, 0.1) is 18.8 Å². The van der Waals surface area contributed by atoms with Crippen LogP contribution in [0.5, 0.6) is 0 Å². The predicted octanol–water partition coefficient (Wildman–Crippen LogP) is 2.84. The van der Waals surface area contributed by atoms with Gasteiger partial charge in [0, 0.05) is 17.4 Å². The lowest BCUT2D eigenvalue weighted by Gasteiger charge is -2.10. The fraction of sp³-hybridized carbons (Fsp3) is 0.238. The molecule has 3 aromatic heterocycles. The number of aliphatic hydroxyl groups is 1. The van der Waals surface area contributed by atoms with Crippen molar-refractivity contribution in [2.75, 3.05) is 5.32 Å². The Morgan fingerprint density at radius 1 is 1.21 bits per heavy atom. The van der Waals surface area contributed by atoms with Gasteiger partial charge in [-0.2, -0.15) is 5.10 Å². The maximum absolute atomic E-state index is 12.9. The minimum absolute atomic E-state index is 0.241. The molecule has 0 saturated carbocycles. The Hall–Kier alpha value is -3.52. The van der Waals surface area contributed by atoms with E-state index in [9.17, 15) is 9.90 Å². The molecule has 0 bridgehead atoms. The summed E-state index contributed by atoms with van der Waals surface area (Å²) in [5.74, 6) is 0.292. The van der Waals surface area contributed by atoms with Gasteiger partial charge in [0.2, 0.25) is 0 Å². The van der Waals surface area contributed by atoms with E-state index in [4.69, 9.17) is 0 Å². The fourth-order valence-electron chi connectivity index (χ4n) is 3.12. The lowest BCUT2D eigenvalue weighted by Crippen LogP contribution is -2.15. The van der Waals surface area contributed by atoms with Crippen LogP contribution in [0.4, 0.5) is 5.69 Å². The lowest BCUT2D eigenvalue weighted by molar-refractivity contribution is 0.102. The zero-order chi connectivity index (χ0) is 20.5. The van der Waals surface area contributed by atoms with Gasteiger partial charge in [0.25, 0.3) is 5.91 Å². The zero-order valence-electron chi connectivity index (χ0n) is 16.5. The first-order valence-electron chi connectivity index (χ1n) is 9.34. The first-order chi connectivity index (χ1) is 13.9. The van der Waals surface area contributed by atoms with E-state index in [2.05, 4.69) is 20.4 Å². The second kappa shape index (κ2) is 7.48. The molecular weight excluding hydrogens is 368 g/mol. The Morgan fingerprint density at radius 2 is 2.03 bits per heavy atom. The van der Waals surface area contributed by atoms with Crippen molar-refractivity contribution in [1.82, 2.24) is 24.1 Å². The normalized spacial score (nSPS) is 12.3. The Bertz CT molecular complexity index is 1190. The van der Waals surface area contributed by atoms with Crippen LogP contribution in [0.25, 0.3) is 17.0 Å². The number of hydrogen-bond acceptors (Lipinski definition) is 5. The number of aryl methyl sites for hydroxylation is 2. The van der Waals surface area contributed by atoms with Gasteiger partial charge >= 0.3 is 0 Å². The van der Waals surface area contributed by atoms with Gasteiger partial charge in [-0.15, -0.1) is 0 Å². The molecule has 0 saturated heterocycles. The third kappa shape index (κ3) is 3.88. The molecule has 0 aliphatic heterocycles. The maximum atomic E-state index is 12.9. The number of anilines is 1. The van der Waals surface area contributed by atoms with Gasteiger partial charge in [-0.25, -0.2) is 14.6 Å². The number of carbonyl (C=O) groups excluding carboxylic acids is 1. The van der Waals surface area contributed by atoms with Gasteiger partial charge in [-0.3, -0.25) is 9.20 Å². The van der Waals surface area contributed by atoms with Crippen LogP contribution in [-0.4, -0.2) is 41.3 Å². The summed E-state index contributed by atoms with van der Waals surface area (Å²) in [5, 5.41) is 16.9. The van der Waals surface area contributed by atoms with Gasteiger partial charge < -0.3 is 10.4 Å². The maximum Gasteiger partial charge on any atom is 0.274 e. The topological polar surface area (TPSA) is 97.3 Å².